The lowest BCUT2D eigenvalue weighted by Crippen LogP contribution is -2.40. The Morgan fingerprint density at radius 2 is 1.96 bits per heavy atom. The van der Waals surface area contributed by atoms with Crippen LogP contribution in [0.15, 0.2) is 4.99 Å². The largest absolute Gasteiger partial charge is 0.357 e. The standard InChI is InChI=1S/C16H30N6O.HI/c1-7-17-16(18-9-8-15(23)20-11(2)3)19-10-14-12(4)21-22(6)13(14)5;/h11H,7-10H2,1-6H3,(H,20,23)(H2,17,18,19);1H. The number of rotatable bonds is 7. The SMILES string of the molecule is CCNC(=NCc1c(C)nn(C)c1C)NCCC(=O)NC(C)C.I. The maximum Gasteiger partial charge on any atom is 0.221 e. The summed E-state index contributed by atoms with van der Waals surface area (Å²) in [5.74, 6) is 0.759. The van der Waals surface area contributed by atoms with Crippen LogP contribution in [-0.4, -0.2) is 40.8 Å². The molecular formula is C16H31IN6O. The summed E-state index contributed by atoms with van der Waals surface area (Å²) in [5, 5.41) is 13.7. The number of aliphatic imine (C=N–C) groups is 1. The van der Waals surface area contributed by atoms with Gasteiger partial charge in [0.15, 0.2) is 5.96 Å². The summed E-state index contributed by atoms with van der Waals surface area (Å²) in [7, 11) is 1.94. The Hall–Kier alpha value is -1.32. The Bertz CT molecular complexity index is 553. The maximum atomic E-state index is 11.6. The molecule has 138 valence electrons. The zero-order valence-corrected chi connectivity index (χ0v) is 17.9. The van der Waals surface area contributed by atoms with Crippen LogP contribution in [0.25, 0.3) is 0 Å². The monoisotopic (exact) mass is 450 g/mol. The molecule has 0 aliphatic carbocycles. The topological polar surface area (TPSA) is 83.3 Å². The lowest BCUT2D eigenvalue weighted by molar-refractivity contribution is -0.121. The van der Waals surface area contributed by atoms with Crippen molar-refractivity contribution in [3.8, 4) is 0 Å². The lowest BCUT2D eigenvalue weighted by atomic mass is 10.2. The summed E-state index contributed by atoms with van der Waals surface area (Å²) in [6.07, 6.45) is 0.424. The van der Waals surface area contributed by atoms with E-state index in [1.165, 1.54) is 0 Å². The van der Waals surface area contributed by atoms with Crippen molar-refractivity contribution in [1.29, 1.82) is 0 Å². The van der Waals surface area contributed by atoms with Crippen LogP contribution in [0.3, 0.4) is 0 Å². The molecule has 0 atom stereocenters. The fourth-order valence-corrected chi connectivity index (χ4v) is 2.23. The first-order valence-electron chi connectivity index (χ1n) is 8.15. The third-order valence-corrected chi connectivity index (χ3v) is 3.49. The molecule has 24 heavy (non-hydrogen) atoms. The van der Waals surface area contributed by atoms with E-state index in [-0.39, 0.29) is 35.9 Å². The number of guanidine groups is 1. The molecule has 0 bridgehead atoms. The summed E-state index contributed by atoms with van der Waals surface area (Å²) < 4.78 is 1.87. The van der Waals surface area contributed by atoms with Crippen LogP contribution >= 0.6 is 24.0 Å². The normalized spacial score (nSPS) is 11.2. The number of halogens is 1. The van der Waals surface area contributed by atoms with E-state index >= 15 is 0 Å². The molecule has 0 radical (unpaired) electrons. The molecular weight excluding hydrogens is 419 g/mol. The summed E-state index contributed by atoms with van der Waals surface area (Å²) in [6, 6.07) is 0.168. The smallest absolute Gasteiger partial charge is 0.221 e. The van der Waals surface area contributed by atoms with Crippen LogP contribution in [0, 0.1) is 13.8 Å². The lowest BCUT2D eigenvalue weighted by Gasteiger charge is -2.12. The zero-order valence-electron chi connectivity index (χ0n) is 15.6. The van der Waals surface area contributed by atoms with Gasteiger partial charge in [-0.2, -0.15) is 5.10 Å². The van der Waals surface area contributed by atoms with Gasteiger partial charge in [0.1, 0.15) is 0 Å². The molecule has 3 N–H and O–H groups in total. The second-order valence-corrected chi connectivity index (χ2v) is 5.87. The van der Waals surface area contributed by atoms with Crippen LogP contribution in [-0.2, 0) is 18.4 Å². The quantitative estimate of drug-likeness (QED) is 0.335. The van der Waals surface area contributed by atoms with E-state index < -0.39 is 0 Å². The predicted molar refractivity (Wildman–Crippen MR) is 109 cm³/mol. The predicted octanol–water partition coefficient (Wildman–Crippen LogP) is 1.62. The number of hydrogen-bond acceptors (Lipinski definition) is 3. The van der Waals surface area contributed by atoms with Crippen LogP contribution in [0.5, 0.6) is 0 Å². The minimum atomic E-state index is 0. The second kappa shape index (κ2) is 11.3. The first-order chi connectivity index (χ1) is 10.8. The van der Waals surface area contributed by atoms with Gasteiger partial charge in [-0.15, -0.1) is 24.0 Å². The maximum absolute atomic E-state index is 11.6. The van der Waals surface area contributed by atoms with Gasteiger partial charge in [0.05, 0.1) is 12.2 Å². The fourth-order valence-electron chi connectivity index (χ4n) is 2.23. The molecule has 0 saturated heterocycles. The van der Waals surface area contributed by atoms with Crippen molar-refractivity contribution >= 4 is 35.8 Å². The van der Waals surface area contributed by atoms with E-state index in [0.717, 1.165) is 23.5 Å². The highest BCUT2D eigenvalue weighted by molar-refractivity contribution is 14.0. The van der Waals surface area contributed by atoms with Crippen molar-refractivity contribution in [1.82, 2.24) is 25.7 Å². The molecule has 1 rings (SSSR count). The molecule has 1 amide bonds. The summed E-state index contributed by atoms with van der Waals surface area (Å²) in [6.45, 7) is 11.9. The van der Waals surface area contributed by atoms with Gasteiger partial charge in [-0.1, -0.05) is 0 Å². The molecule has 0 saturated carbocycles. The molecule has 8 heteroatoms. The average Bonchev–Trinajstić information content (AvgIpc) is 2.69. The Morgan fingerprint density at radius 1 is 1.29 bits per heavy atom. The molecule has 0 unspecified atom stereocenters. The van der Waals surface area contributed by atoms with Crippen LogP contribution < -0.4 is 16.0 Å². The Morgan fingerprint density at radius 3 is 2.46 bits per heavy atom. The number of aryl methyl sites for hydroxylation is 2. The van der Waals surface area contributed by atoms with E-state index in [2.05, 4.69) is 26.0 Å². The van der Waals surface area contributed by atoms with Crippen LogP contribution in [0.2, 0.25) is 0 Å². The highest BCUT2D eigenvalue weighted by Gasteiger charge is 2.09. The van der Waals surface area contributed by atoms with Gasteiger partial charge in [-0.05, 0) is 34.6 Å². The Balaban J connectivity index is 0.00000529. The minimum Gasteiger partial charge on any atom is -0.357 e. The number of nitrogens with one attached hydrogen (secondary N) is 3. The molecule has 0 aliphatic heterocycles. The molecule has 0 spiro atoms. The number of hydrogen-bond donors (Lipinski definition) is 3. The highest BCUT2D eigenvalue weighted by atomic mass is 127. The fraction of sp³-hybridized carbons (Fsp3) is 0.688. The molecule has 0 aliphatic rings. The first-order valence-corrected chi connectivity index (χ1v) is 8.15. The van der Waals surface area contributed by atoms with Gasteiger partial charge in [0, 0.05) is 43.9 Å². The summed E-state index contributed by atoms with van der Waals surface area (Å²) in [5.41, 5.74) is 3.27. The van der Waals surface area contributed by atoms with Crippen molar-refractivity contribution in [2.75, 3.05) is 13.1 Å². The molecule has 1 aromatic rings. The second-order valence-electron chi connectivity index (χ2n) is 5.87. The minimum absolute atomic E-state index is 0. The van der Waals surface area contributed by atoms with Crippen LogP contribution in [0.4, 0.5) is 0 Å². The summed E-state index contributed by atoms with van der Waals surface area (Å²) >= 11 is 0. The number of carbonyl (C=O) groups is 1. The van der Waals surface area contributed by atoms with Crippen molar-refractivity contribution in [2.24, 2.45) is 12.0 Å². The molecule has 7 nitrogen and oxygen atoms in total. The first kappa shape index (κ1) is 22.7. The molecule has 1 aromatic heterocycles. The van der Waals surface area contributed by atoms with Gasteiger partial charge in [-0.3, -0.25) is 9.48 Å². The number of aromatic nitrogens is 2. The van der Waals surface area contributed by atoms with Crippen molar-refractivity contribution in [3.63, 3.8) is 0 Å². The Kier molecular flexibility index (Phi) is 10.7. The van der Waals surface area contributed by atoms with E-state index in [1.54, 1.807) is 0 Å². The average molecular weight is 450 g/mol. The van der Waals surface area contributed by atoms with Crippen molar-refractivity contribution < 1.29 is 4.79 Å². The summed E-state index contributed by atoms with van der Waals surface area (Å²) in [4.78, 5) is 16.2. The number of amides is 1. The van der Waals surface area contributed by atoms with Gasteiger partial charge in [0.25, 0.3) is 0 Å². The molecule has 0 aromatic carbocycles. The van der Waals surface area contributed by atoms with E-state index in [1.807, 2.05) is 46.3 Å². The third kappa shape index (κ3) is 7.50. The molecule has 0 fully saturated rings. The third-order valence-electron chi connectivity index (χ3n) is 3.49. The van der Waals surface area contributed by atoms with Gasteiger partial charge < -0.3 is 16.0 Å². The van der Waals surface area contributed by atoms with Gasteiger partial charge >= 0.3 is 0 Å². The van der Waals surface area contributed by atoms with E-state index in [0.29, 0.717) is 25.5 Å². The number of carbonyl (C=O) groups excluding carboxylic acids is 1. The van der Waals surface area contributed by atoms with Crippen LogP contribution in [0.1, 0.15) is 44.1 Å². The number of nitrogens with zero attached hydrogens (tertiary/aromatic N) is 3. The van der Waals surface area contributed by atoms with Gasteiger partial charge in [-0.25, -0.2) is 4.99 Å². The Labute approximate surface area is 162 Å². The van der Waals surface area contributed by atoms with Crippen molar-refractivity contribution in [2.45, 2.75) is 53.6 Å². The molecule has 1 heterocycles. The van der Waals surface area contributed by atoms with E-state index in [9.17, 15) is 4.79 Å². The van der Waals surface area contributed by atoms with E-state index in [4.69, 9.17) is 0 Å². The zero-order chi connectivity index (χ0) is 17.4. The van der Waals surface area contributed by atoms with Crippen molar-refractivity contribution in [3.05, 3.63) is 17.0 Å². The highest BCUT2D eigenvalue weighted by Crippen LogP contribution is 2.12. The van der Waals surface area contributed by atoms with Gasteiger partial charge in [0.2, 0.25) is 5.91 Å².